The Labute approximate surface area is 197 Å². The van der Waals surface area contributed by atoms with Crippen molar-refractivity contribution < 1.29 is 26.3 Å². The molecule has 0 radical (unpaired) electrons. The van der Waals surface area contributed by atoms with E-state index in [4.69, 9.17) is 0 Å². The number of rotatable bonds is 4. The first-order valence-electron chi connectivity index (χ1n) is 12.2. The van der Waals surface area contributed by atoms with Crippen molar-refractivity contribution in [3.63, 3.8) is 0 Å². The molecule has 2 fully saturated rings. The zero-order valence-electron chi connectivity index (χ0n) is 19.3. The van der Waals surface area contributed by atoms with Crippen LogP contribution in [0.5, 0.6) is 0 Å². The molecule has 0 unspecified atom stereocenters. The average molecular weight is 481 g/mol. The molecule has 0 saturated heterocycles. The molecular weight excluding hydrogens is 450 g/mol. The van der Waals surface area contributed by atoms with Gasteiger partial charge in [0, 0.05) is 0 Å². The Kier molecular flexibility index (Phi) is 7.44. The maximum Gasteiger partial charge on any atom is 0.412 e. The van der Waals surface area contributed by atoms with Gasteiger partial charge in [-0.1, -0.05) is 44.0 Å². The number of alkyl halides is 3. The lowest BCUT2D eigenvalue weighted by molar-refractivity contribution is -0.0798. The maximum atomic E-state index is 14.3. The van der Waals surface area contributed by atoms with Gasteiger partial charge in [0.05, 0.1) is 11.6 Å². The van der Waals surface area contributed by atoms with Crippen LogP contribution >= 0.6 is 0 Å². The van der Waals surface area contributed by atoms with Crippen molar-refractivity contribution in [3.8, 4) is 11.1 Å². The van der Waals surface area contributed by atoms with Gasteiger partial charge < -0.3 is 0 Å². The van der Waals surface area contributed by atoms with Crippen LogP contribution in [0.15, 0.2) is 42.5 Å². The molecule has 0 aliphatic heterocycles. The van der Waals surface area contributed by atoms with Gasteiger partial charge in [-0.3, -0.25) is 0 Å². The number of halogens is 6. The largest absolute Gasteiger partial charge is 0.412 e. The highest BCUT2D eigenvalue weighted by molar-refractivity contribution is 5.69. The Morgan fingerprint density at radius 1 is 0.765 bits per heavy atom. The molecule has 184 valence electrons. The van der Waals surface area contributed by atoms with E-state index >= 15 is 0 Å². The van der Waals surface area contributed by atoms with E-state index in [2.05, 4.69) is 6.92 Å². The fourth-order valence-electron chi connectivity index (χ4n) is 5.81. The van der Waals surface area contributed by atoms with Crippen LogP contribution in [-0.4, -0.2) is 6.18 Å². The predicted octanol–water partition coefficient (Wildman–Crippen LogP) is 9.60. The molecule has 2 aromatic carbocycles. The van der Waals surface area contributed by atoms with Crippen LogP contribution in [0.4, 0.5) is 26.3 Å². The molecule has 6 heteroatoms. The third-order valence-corrected chi connectivity index (χ3v) is 7.79. The zero-order valence-corrected chi connectivity index (χ0v) is 19.3. The Hall–Kier alpha value is -2.24. The summed E-state index contributed by atoms with van der Waals surface area (Å²) in [6.07, 6.45) is 4.40. The van der Waals surface area contributed by atoms with E-state index in [1.54, 1.807) is 12.1 Å². The number of hydrogen-bond donors (Lipinski definition) is 0. The molecule has 2 aromatic rings. The number of hydrogen-bond acceptors (Lipinski definition) is 0. The first kappa shape index (κ1) is 24.9. The monoisotopic (exact) mass is 480 g/mol. The second-order valence-corrected chi connectivity index (χ2v) is 10.1. The van der Waals surface area contributed by atoms with Gasteiger partial charge in [0.1, 0.15) is 17.5 Å². The molecule has 2 saturated carbocycles. The summed E-state index contributed by atoms with van der Waals surface area (Å²) in [6, 6.07) is 9.17. The average Bonchev–Trinajstić information content (AvgIpc) is 2.78. The molecule has 0 bridgehead atoms. The molecule has 0 nitrogen and oxygen atoms in total. The standard InChI is InChI=1S/C28H30F6/c1-17-2-4-18(5-3-17)19-6-8-20(9-7-19)21-10-12-22(13-11-21)23-14-24(29)27(25(30)15-23)26(31)16-28(32,33)34/h10-20H,2-9H2,1H3/b26-16-. The Morgan fingerprint density at radius 2 is 1.26 bits per heavy atom. The molecular formula is C28H30F6. The summed E-state index contributed by atoms with van der Waals surface area (Å²) in [6.45, 7) is 2.34. The lowest BCUT2D eigenvalue weighted by Crippen LogP contribution is -2.24. The van der Waals surface area contributed by atoms with Crippen molar-refractivity contribution in [2.45, 2.75) is 70.4 Å². The van der Waals surface area contributed by atoms with Gasteiger partial charge in [0.2, 0.25) is 0 Å². The topological polar surface area (TPSA) is 0 Å². The van der Waals surface area contributed by atoms with E-state index in [1.807, 2.05) is 12.1 Å². The van der Waals surface area contributed by atoms with Crippen LogP contribution in [0.3, 0.4) is 0 Å². The summed E-state index contributed by atoms with van der Waals surface area (Å²) in [5.74, 6) is -1.71. The van der Waals surface area contributed by atoms with E-state index in [1.165, 1.54) is 44.1 Å². The third kappa shape index (κ3) is 5.87. The van der Waals surface area contributed by atoms with E-state index in [9.17, 15) is 26.3 Å². The van der Waals surface area contributed by atoms with Gasteiger partial charge in [0.15, 0.2) is 0 Å². The number of benzene rings is 2. The van der Waals surface area contributed by atoms with Gasteiger partial charge in [-0.15, -0.1) is 0 Å². The Bertz CT molecular complexity index is 981. The fourth-order valence-corrected chi connectivity index (χ4v) is 5.81. The lowest BCUT2D eigenvalue weighted by Gasteiger charge is -2.37. The minimum atomic E-state index is -5.01. The van der Waals surface area contributed by atoms with Crippen molar-refractivity contribution in [2.75, 3.05) is 0 Å². The molecule has 0 aromatic heterocycles. The highest BCUT2D eigenvalue weighted by atomic mass is 19.4. The first-order valence-corrected chi connectivity index (χ1v) is 12.2. The Morgan fingerprint density at radius 3 is 1.76 bits per heavy atom. The second-order valence-electron chi connectivity index (χ2n) is 10.1. The summed E-state index contributed by atoms with van der Waals surface area (Å²) in [5, 5.41) is 0. The van der Waals surface area contributed by atoms with Crippen LogP contribution in [0.25, 0.3) is 17.0 Å². The van der Waals surface area contributed by atoms with Crippen LogP contribution in [0.1, 0.15) is 75.3 Å². The van der Waals surface area contributed by atoms with E-state index < -0.39 is 35.3 Å². The minimum absolute atomic E-state index is 0.153. The van der Waals surface area contributed by atoms with E-state index in [-0.39, 0.29) is 5.56 Å². The van der Waals surface area contributed by atoms with Crippen molar-refractivity contribution in [3.05, 3.63) is 65.2 Å². The third-order valence-electron chi connectivity index (χ3n) is 7.79. The molecule has 34 heavy (non-hydrogen) atoms. The lowest BCUT2D eigenvalue weighted by atomic mass is 9.68. The van der Waals surface area contributed by atoms with Crippen molar-refractivity contribution in [2.24, 2.45) is 17.8 Å². The molecule has 0 amide bonds. The molecule has 2 aliphatic carbocycles. The summed E-state index contributed by atoms with van der Waals surface area (Å²) < 4.78 is 79.5. The van der Waals surface area contributed by atoms with Crippen molar-refractivity contribution in [1.82, 2.24) is 0 Å². The van der Waals surface area contributed by atoms with Crippen LogP contribution < -0.4 is 0 Å². The summed E-state index contributed by atoms with van der Waals surface area (Å²) in [4.78, 5) is 0. The van der Waals surface area contributed by atoms with E-state index in [0.29, 0.717) is 11.5 Å². The molecule has 0 atom stereocenters. The molecule has 0 N–H and O–H groups in total. The predicted molar refractivity (Wildman–Crippen MR) is 123 cm³/mol. The number of allylic oxidation sites excluding steroid dienone is 1. The van der Waals surface area contributed by atoms with Gasteiger partial charge in [-0.25, -0.2) is 13.2 Å². The van der Waals surface area contributed by atoms with Gasteiger partial charge in [-0.2, -0.15) is 13.2 Å². The minimum Gasteiger partial charge on any atom is -0.206 e. The summed E-state index contributed by atoms with van der Waals surface area (Å²) in [5.41, 5.74) is 0.566. The Balaban J connectivity index is 1.43. The molecule has 0 heterocycles. The summed E-state index contributed by atoms with van der Waals surface area (Å²) in [7, 11) is 0. The molecule has 2 aliphatic rings. The highest BCUT2D eigenvalue weighted by Crippen LogP contribution is 2.44. The first-order chi connectivity index (χ1) is 16.1. The van der Waals surface area contributed by atoms with Gasteiger partial charge in [0.25, 0.3) is 0 Å². The van der Waals surface area contributed by atoms with Crippen molar-refractivity contribution >= 4 is 5.83 Å². The zero-order chi connectivity index (χ0) is 24.5. The van der Waals surface area contributed by atoms with Crippen LogP contribution in [0.2, 0.25) is 0 Å². The normalized spacial score (nSPS) is 26.5. The smallest absolute Gasteiger partial charge is 0.206 e. The maximum absolute atomic E-state index is 14.3. The van der Waals surface area contributed by atoms with Gasteiger partial charge >= 0.3 is 6.18 Å². The quantitative estimate of drug-likeness (QED) is 0.382. The fraction of sp³-hybridized carbons (Fsp3) is 0.500. The van der Waals surface area contributed by atoms with Gasteiger partial charge in [-0.05, 0) is 91.0 Å². The van der Waals surface area contributed by atoms with Crippen LogP contribution in [0, 0.1) is 29.4 Å². The highest BCUT2D eigenvalue weighted by Gasteiger charge is 2.31. The van der Waals surface area contributed by atoms with E-state index in [0.717, 1.165) is 42.7 Å². The van der Waals surface area contributed by atoms with Crippen molar-refractivity contribution in [1.29, 1.82) is 0 Å². The molecule has 0 spiro atoms. The van der Waals surface area contributed by atoms with Crippen LogP contribution in [-0.2, 0) is 0 Å². The second kappa shape index (κ2) is 10.2. The summed E-state index contributed by atoms with van der Waals surface area (Å²) >= 11 is 0. The SMILES string of the molecule is CC1CCC(C2CCC(c3ccc(-c4cc(F)c(/C(F)=C/C(F)(F)F)c(F)c4)cc3)CC2)CC1. The molecule has 4 rings (SSSR count).